The van der Waals surface area contributed by atoms with Crippen molar-refractivity contribution in [2.45, 2.75) is 19.5 Å². The highest BCUT2D eigenvalue weighted by Crippen LogP contribution is 2.32. The largest absolute Gasteiger partial charge is 0.496 e. The van der Waals surface area contributed by atoms with Gasteiger partial charge in [-0.1, -0.05) is 12.1 Å². The van der Waals surface area contributed by atoms with Gasteiger partial charge < -0.3 is 29.0 Å². The van der Waals surface area contributed by atoms with E-state index in [9.17, 15) is 18.8 Å². The van der Waals surface area contributed by atoms with Crippen LogP contribution in [-0.2, 0) is 19.5 Å². The number of fused-ring (bicyclic) bond motifs is 2. The molecule has 0 fully saturated rings. The molecular formula is C26H24FN3O6. The number of rotatable bonds is 5. The van der Waals surface area contributed by atoms with Crippen molar-refractivity contribution in [3.05, 3.63) is 87.1 Å². The Kier molecular flexibility index (Phi) is 6.32. The molecule has 0 unspecified atom stereocenters. The molecule has 9 nitrogen and oxygen atoms in total. The van der Waals surface area contributed by atoms with E-state index < -0.39 is 11.7 Å². The summed E-state index contributed by atoms with van der Waals surface area (Å²) in [5.41, 5.74) is 1.45. The second-order valence-corrected chi connectivity index (χ2v) is 8.45. The lowest BCUT2D eigenvalue weighted by atomic mass is 10.1. The summed E-state index contributed by atoms with van der Waals surface area (Å²) < 4.78 is 31.2. The fourth-order valence-electron chi connectivity index (χ4n) is 4.48. The van der Waals surface area contributed by atoms with Crippen LogP contribution in [0.5, 0.6) is 17.2 Å². The van der Waals surface area contributed by atoms with Crippen molar-refractivity contribution in [1.29, 1.82) is 0 Å². The summed E-state index contributed by atoms with van der Waals surface area (Å²) in [6.07, 6.45) is 0.250. The maximum atomic E-state index is 13.6. The lowest BCUT2D eigenvalue weighted by Crippen LogP contribution is -2.34. The van der Waals surface area contributed by atoms with E-state index in [1.165, 1.54) is 35.9 Å². The number of pyridine rings is 1. The van der Waals surface area contributed by atoms with Crippen molar-refractivity contribution < 1.29 is 28.2 Å². The third-order valence-corrected chi connectivity index (χ3v) is 6.29. The van der Waals surface area contributed by atoms with Crippen LogP contribution in [0, 0.1) is 5.82 Å². The second kappa shape index (κ2) is 9.73. The topological polar surface area (TPSA) is 99.1 Å². The van der Waals surface area contributed by atoms with Crippen molar-refractivity contribution in [2.24, 2.45) is 0 Å². The second-order valence-electron chi connectivity index (χ2n) is 8.45. The number of benzene rings is 2. The van der Waals surface area contributed by atoms with Gasteiger partial charge in [0, 0.05) is 49.9 Å². The zero-order valence-electron chi connectivity index (χ0n) is 19.6. The summed E-state index contributed by atoms with van der Waals surface area (Å²) in [5, 5.41) is 2.88. The van der Waals surface area contributed by atoms with Crippen LogP contribution >= 0.6 is 0 Å². The van der Waals surface area contributed by atoms with Crippen LogP contribution in [0.3, 0.4) is 0 Å². The highest BCUT2D eigenvalue weighted by Gasteiger charge is 2.27. The molecular weight excluding hydrogens is 469 g/mol. The summed E-state index contributed by atoms with van der Waals surface area (Å²) in [5.74, 6) is 0.189. The van der Waals surface area contributed by atoms with E-state index in [-0.39, 0.29) is 67.7 Å². The molecule has 2 aliphatic rings. The number of methoxy groups -OCH3 is 1. The molecule has 10 heteroatoms. The Morgan fingerprint density at radius 2 is 1.89 bits per heavy atom. The van der Waals surface area contributed by atoms with Crippen LogP contribution in [0.25, 0.3) is 0 Å². The quantitative estimate of drug-likeness (QED) is 0.586. The lowest BCUT2D eigenvalue weighted by Gasteiger charge is -2.20. The summed E-state index contributed by atoms with van der Waals surface area (Å²) in [7, 11) is 1.40. The third-order valence-electron chi connectivity index (χ3n) is 6.29. The Balaban J connectivity index is 1.38. The molecule has 2 aromatic carbocycles. The van der Waals surface area contributed by atoms with Crippen LogP contribution in [0.1, 0.15) is 32.0 Å². The van der Waals surface area contributed by atoms with Gasteiger partial charge in [-0.15, -0.1) is 0 Å². The average molecular weight is 493 g/mol. The number of nitrogens with one attached hydrogen (secondary N) is 1. The monoisotopic (exact) mass is 493 g/mol. The zero-order chi connectivity index (χ0) is 25.2. The van der Waals surface area contributed by atoms with Gasteiger partial charge in [-0.3, -0.25) is 14.4 Å². The predicted octanol–water partition coefficient (Wildman–Crippen LogP) is 2.35. The minimum atomic E-state index is -0.499. The smallest absolute Gasteiger partial charge is 0.257 e. The number of carbonyl (C=O) groups is 2. The van der Waals surface area contributed by atoms with E-state index in [4.69, 9.17) is 14.2 Å². The summed E-state index contributed by atoms with van der Waals surface area (Å²) in [6.45, 7) is 1.08. The summed E-state index contributed by atoms with van der Waals surface area (Å²) in [6, 6.07) is 12.2. The summed E-state index contributed by atoms with van der Waals surface area (Å²) in [4.78, 5) is 40.7. The third kappa shape index (κ3) is 4.49. The minimum absolute atomic E-state index is 0.159. The molecule has 0 spiro atoms. The number of aromatic nitrogens is 1. The predicted molar refractivity (Wildman–Crippen MR) is 127 cm³/mol. The number of hydrogen-bond donors (Lipinski definition) is 1. The molecule has 2 amide bonds. The van der Waals surface area contributed by atoms with Crippen LogP contribution in [0.4, 0.5) is 4.39 Å². The van der Waals surface area contributed by atoms with Crippen molar-refractivity contribution >= 4 is 11.8 Å². The van der Waals surface area contributed by atoms with E-state index in [2.05, 4.69) is 5.32 Å². The number of ether oxygens (including phenoxy) is 3. The lowest BCUT2D eigenvalue weighted by molar-refractivity contribution is 0.0758. The van der Waals surface area contributed by atoms with E-state index in [0.29, 0.717) is 17.2 Å². The first-order valence-corrected chi connectivity index (χ1v) is 11.5. The Morgan fingerprint density at radius 3 is 2.69 bits per heavy atom. The van der Waals surface area contributed by atoms with Gasteiger partial charge in [-0.2, -0.15) is 0 Å². The molecule has 0 saturated heterocycles. The first-order valence-electron chi connectivity index (χ1n) is 11.5. The van der Waals surface area contributed by atoms with Gasteiger partial charge in [-0.05, 0) is 35.9 Å². The highest BCUT2D eigenvalue weighted by molar-refractivity contribution is 5.98. The standard InChI is InChI=1S/C26H24FN3O6/c1-34-22-13-23(31)30-10-9-29(26(33)17-3-2-4-18(27)12-17)8-7-19(30)24(22)25(32)28-14-16-5-6-20-21(11-16)36-15-35-20/h2-6,11-13H,7-10,14-15H2,1H3,(H,28,32). The number of carbonyl (C=O) groups excluding carboxylic acids is 2. The molecule has 0 saturated carbocycles. The van der Waals surface area contributed by atoms with Crippen molar-refractivity contribution in [3.8, 4) is 17.2 Å². The molecule has 2 aliphatic heterocycles. The van der Waals surface area contributed by atoms with Gasteiger partial charge in [0.05, 0.1) is 7.11 Å². The molecule has 3 heterocycles. The van der Waals surface area contributed by atoms with Gasteiger partial charge in [-0.25, -0.2) is 4.39 Å². The van der Waals surface area contributed by atoms with Gasteiger partial charge in [0.2, 0.25) is 6.79 Å². The van der Waals surface area contributed by atoms with Gasteiger partial charge >= 0.3 is 0 Å². The summed E-state index contributed by atoms with van der Waals surface area (Å²) >= 11 is 0. The molecule has 0 atom stereocenters. The van der Waals surface area contributed by atoms with Crippen LogP contribution in [0.2, 0.25) is 0 Å². The maximum Gasteiger partial charge on any atom is 0.257 e. The highest BCUT2D eigenvalue weighted by atomic mass is 19.1. The normalized spacial score (nSPS) is 14.1. The first kappa shape index (κ1) is 23.4. The number of nitrogens with zero attached hydrogens (tertiary/aromatic N) is 2. The molecule has 1 aromatic heterocycles. The van der Waals surface area contributed by atoms with E-state index in [1.54, 1.807) is 23.1 Å². The Hall–Kier alpha value is -4.34. The number of amides is 2. The fraction of sp³-hybridized carbons (Fsp3) is 0.269. The molecule has 36 heavy (non-hydrogen) atoms. The van der Waals surface area contributed by atoms with Crippen LogP contribution in [0.15, 0.2) is 53.3 Å². The van der Waals surface area contributed by atoms with Gasteiger partial charge in [0.15, 0.2) is 11.5 Å². The minimum Gasteiger partial charge on any atom is -0.496 e. The number of halogens is 1. The average Bonchev–Trinajstić information content (AvgIpc) is 3.24. The molecule has 1 N–H and O–H groups in total. The fourth-order valence-corrected chi connectivity index (χ4v) is 4.48. The molecule has 3 aromatic rings. The Morgan fingerprint density at radius 1 is 1.06 bits per heavy atom. The van der Waals surface area contributed by atoms with Gasteiger partial charge in [0.1, 0.15) is 17.1 Å². The Labute approximate surface area is 206 Å². The van der Waals surface area contributed by atoms with Crippen molar-refractivity contribution in [3.63, 3.8) is 0 Å². The molecule has 0 bridgehead atoms. The van der Waals surface area contributed by atoms with Crippen molar-refractivity contribution in [1.82, 2.24) is 14.8 Å². The SMILES string of the molecule is COc1cc(=O)n2c(c1C(=O)NCc1ccc3c(c1)OCO3)CCN(C(=O)c1cccc(F)c1)CC2. The Bertz CT molecular complexity index is 1400. The first-order chi connectivity index (χ1) is 17.4. The molecule has 186 valence electrons. The molecule has 5 rings (SSSR count). The van der Waals surface area contributed by atoms with Gasteiger partial charge in [0.25, 0.3) is 17.4 Å². The van der Waals surface area contributed by atoms with E-state index >= 15 is 0 Å². The number of hydrogen-bond acceptors (Lipinski definition) is 6. The zero-order valence-corrected chi connectivity index (χ0v) is 19.6. The van der Waals surface area contributed by atoms with Crippen molar-refractivity contribution in [2.75, 3.05) is 27.0 Å². The molecule has 0 aliphatic carbocycles. The molecule has 0 radical (unpaired) electrons. The van der Waals surface area contributed by atoms with E-state index in [1.807, 2.05) is 6.07 Å². The van der Waals surface area contributed by atoms with Crippen LogP contribution in [-0.4, -0.2) is 48.3 Å². The van der Waals surface area contributed by atoms with E-state index in [0.717, 1.165) is 5.56 Å². The van der Waals surface area contributed by atoms with Crippen LogP contribution < -0.4 is 25.1 Å². The maximum absolute atomic E-state index is 13.6.